The summed E-state index contributed by atoms with van der Waals surface area (Å²) in [6.45, 7) is 4.79. The molecule has 4 rings (SSSR count). The summed E-state index contributed by atoms with van der Waals surface area (Å²) in [6.07, 6.45) is -2.40. The number of rotatable bonds is 11. The molecule has 0 aliphatic carbocycles. The number of aromatic nitrogens is 3. The number of aryl methyl sites for hydroxylation is 1. The lowest BCUT2D eigenvalue weighted by Gasteiger charge is -2.12. The Labute approximate surface area is 229 Å². The first-order chi connectivity index (χ1) is 18.7. The van der Waals surface area contributed by atoms with Crippen LogP contribution in [0.15, 0.2) is 78.0 Å². The van der Waals surface area contributed by atoms with Gasteiger partial charge in [0.1, 0.15) is 5.75 Å². The van der Waals surface area contributed by atoms with E-state index >= 15 is 0 Å². The Hall–Kier alpha value is -3.79. The summed E-state index contributed by atoms with van der Waals surface area (Å²) in [4.78, 5) is 12.8. The van der Waals surface area contributed by atoms with E-state index in [4.69, 9.17) is 4.74 Å². The van der Waals surface area contributed by atoms with Gasteiger partial charge in [0.2, 0.25) is 0 Å². The van der Waals surface area contributed by atoms with E-state index in [2.05, 4.69) is 22.4 Å². The molecule has 1 N–H and O–H groups in total. The van der Waals surface area contributed by atoms with E-state index in [9.17, 15) is 18.0 Å². The van der Waals surface area contributed by atoms with Gasteiger partial charge in [-0.15, -0.1) is 10.2 Å². The van der Waals surface area contributed by atoms with E-state index < -0.39 is 11.7 Å². The number of alkyl halides is 3. The van der Waals surface area contributed by atoms with Crippen LogP contribution in [0, 0.1) is 6.92 Å². The lowest BCUT2D eigenvalue weighted by atomic mass is 10.1. The summed E-state index contributed by atoms with van der Waals surface area (Å²) in [6, 6.07) is 19.9. The number of hydrogen-bond donors (Lipinski definition) is 1. The third kappa shape index (κ3) is 7.63. The fourth-order valence-electron chi connectivity index (χ4n) is 3.82. The lowest BCUT2D eigenvalue weighted by Crippen LogP contribution is -2.24. The molecule has 0 bridgehead atoms. The smallest absolute Gasteiger partial charge is 0.416 e. The zero-order chi connectivity index (χ0) is 27.8. The van der Waals surface area contributed by atoms with E-state index in [1.807, 2.05) is 35.8 Å². The van der Waals surface area contributed by atoms with Crippen LogP contribution in [0.2, 0.25) is 0 Å². The first kappa shape index (κ1) is 28.2. The molecule has 0 fully saturated rings. The van der Waals surface area contributed by atoms with Gasteiger partial charge in [-0.2, -0.15) is 13.2 Å². The van der Waals surface area contributed by atoms with Gasteiger partial charge in [-0.3, -0.25) is 9.36 Å². The molecular weight excluding hydrogens is 525 g/mol. The zero-order valence-electron chi connectivity index (χ0n) is 21.7. The van der Waals surface area contributed by atoms with Crippen molar-refractivity contribution in [1.29, 1.82) is 0 Å². The largest absolute Gasteiger partial charge is 0.494 e. The maximum absolute atomic E-state index is 13.1. The van der Waals surface area contributed by atoms with Crippen molar-refractivity contribution in [2.24, 2.45) is 0 Å². The molecular formula is C29H29F3N4O2S. The fourth-order valence-corrected chi connectivity index (χ4v) is 4.73. The van der Waals surface area contributed by atoms with E-state index in [1.54, 1.807) is 30.3 Å². The number of ether oxygens (including phenoxy) is 1. The molecule has 0 aliphatic rings. The summed E-state index contributed by atoms with van der Waals surface area (Å²) in [5, 5.41) is 12.0. The highest BCUT2D eigenvalue weighted by molar-refractivity contribution is 7.98. The minimum Gasteiger partial charge on any atom is -0.494 e. The van der Waals surface area contributed by atoms with Crippen molar-refractivity contribution in [3.63, 3.8) is 0 Å². The van der Waals surface area contributed by atoms with Crippen LogP contribution in [0.25, 0.3) is 5.69 Å². The van der Waals surface area contributed by atoms with Crippen LogP contribution in [0.3, 0.4) is 0 Å². The first-order valence-corrected chi connectivity index (χ1v) is 13.5. The zero-order valence-corrected chi connectivity index (χ0v) is 22.5. The molecule has 39 heavy (non-hydrogen) atoms. The molecule has 1 aromatic heterocycles. The highest BCUT2D eigenvalue weighted by Gasteiger charge is 2.30. The monoisotopic (exact) mass is 554 g/mol. The molecule has 0 radical (unpaired) electrons. The highest BCUT2D eigenvalue weighted by atomic mass is 32.2. The quantitative estimate of drug-likeness (QED) is 0.160. The third-order valence-electron chi connectivity index (χ3n) is 5.87. The molecule has 0 unspecified atom stereocenters. The molecule has 0 atom stereocenters. The molecule has 3 aromatic carbocycles. The molecule has 4 aromatic rings. The number of thioether (sulfide) groups is 1. The Balaban J connectivity index is 1.49. The van der Waals surface area contributed by atoms with Crippen molar-refractivity contribution >= 4 is 17.7 Å². The number of hydrogen-bond acceptors (Lipinski definition) is 5. The maximum Gasteiger partial charge on any atom is 0.416 e. The van der Waals surface area contributed by atoms with Gasteiger partial charge in [0.15, 0.2) is 11.0 Å². The number of nitrogens with zero attached hydrogens (tertiary/aromatic N) is 3. The van der Waals surface area contributed by atoms with Crippen molar-refractivity contribution in [3.8, 4) is 11.4 Å². The summed E-state index contributed by atoms with van der Waals surface area (Å²) < 4.78 is 46.9. The normalized spacial score (nSPS) is 11.4. The molecule has 0 aliphatic heterocycles. The van der Waals surface area contributed by atoms with E-state index in [0.29, 0.717) is 34.5 Å². The van der Waals surface area contributed by atoms with Gasteiger partial charge in [0, 0.05) is 17.0 Å². The lowest BCUT2D eigenvalue weighted by molar-refractivity contribution is -0.137. The fraction of sp³-hybridized carbons (Fsp3) is 0.276. The van der Waals surface area contributed by atoms with Gasteiger partial charge in [-0.05, 0) is 66.9 Å². The topological polar surface area (TPSA) is 69.0 Å². The van der Waals surface area contributed by atoms with Gasteiger partial charge in [0.05, 0.1) is 18.7 Å². The minimum atomic E-state index is -4.41. The Kier molecular flexibility index (Phi) is 9.29. The maximum atomic E-state index is 13.1. The van der Waals surface area contributed by atoms with E-state index in [0.717, 1.165) is 36.2 Å². The van der Waals surface area contributed by atoms with Crippen LogP contribution in [-0.2, 0) is 18.5 Å². The highest BCUT2D eigenvalue weighted by Crippen LogP contribution is 2.31. The number of nitrogens with one attached hydrogen (secondary N) is 1. The SMILES string of the molecule is CCCCOc1ccc(C(=O)NCc2nnc(SCc3cccc(C(F)(F)F)c3)n2-c2cccc(C)c2)cc1. The first-order valence-electron chi connectivity index (χ1n) is 12.6. The number of carbonyl (C=O) groups is 1. The van der Waals surface area contributed by atoms with Gasteiger partial charge in [0.25, 0.3) is 5.91 Å². The Morgan fingerprint density at radius 2 is 1.79 bits per heavy atom. The third-order valence-corrected chi connectivity index (χ3v) is 6.87. The van der Waals surface area contributed by atoms with E-state index in [-0.39, 0.29) is 18.2 Å². The average molecular weight is 555 g/mol. The molecule has 1 heterocycles. The Bertz CT molecular complexity index is 1400. The van der Waals surface area contributed by atoms with Gasteiger partial charge in [-0.25, -0.2) is 0 Å². The summed E-state index contributed by atoms with van der Waals surface area (Å²) in [7, 11) is 0. The van der Waals surface area contributed by atoms with Crippen LogP contribution in [0.5, 0.6) is 5.75 Å². The second-order valence-corrected chi connectivity index (χ2v) is 9.91. The molecule has 1 amide bonds. The Morgan fingerprint density at radius 3 is 2.51 bits per heavy atom. The minimum absolute atomic E-state index is 0.110. The molecule has 0 saturated carbocycles. The van der Waals surface area contributed by atoms with E-state index in [1.165, 1.54) is 17.8 Å². The standard InChI is InChI=1S/C29H29F3N4O2S/c1-3-4-15-38-25-13-11-22(12-14-25)27(37)33-18-26-34-35-28(36(26)24-10-5-7-20(2)16-24)39-19-21-8-6-9-23(17-21)29(30,31)32/h5-14,16-17H,3-4,15,18-19H2,1-2H3,(H,33,37). The second kappa shape index (κ2) is 12.8. The average Bonchev–Trinajstić information content (AvgIpc) is 3.33. The predicted octanol–water partition coefficient (Wildman–Crippen LogP) is 7.00. The second-order valence-electron chi connectivity index (χ2n) is 8.97. The number of benzene rings is 3. The number of amides is 1. The predicted molar refractivity (Wildman–Crippen MR) is 145 cm³/mol. The van der Waals surface area contributed by atoms with Crippen molar-refractivity contribution in [2.45, 2.75) is 50.3 Å². The summed E-state index contributed by atoms with van der Waals surface area (Å²) in [5.41, 5.74) is 2.13. The van der Waals surface area contributed by atoms with Gasteiger partial charge >= 0.3 is 6.18 Å². The van der Waals surface area contributed by atoms with Crippen molar-refractivity contribution in [3.05, 3.63) is 101 Å². The van der Waals surface area contributed by atoms with Crippen LogP contribution < -0.4 is 10.1 Å². The van der Waals surface area contributed by atoms with Crippen LogP contribution >= 0.6 is 11.8 Å². The molecule has 204 valence electrons. The number of halogens is 3. The van der Waals surface area contributed by atoms with Crippen LogP contribution in [0.4, 0.5) is 13.2 Å². The molecule has 6 nitrogen and oxygen atoms in total. The van der Waals surface area contributed by atoms with Crippen LogP contribution in [0.1, 0.15) is 52.6 Å². The molecule has 0 spiro atoms. The number of carbonyl (C=O) groups excluding carboxylic acids is 1. The summed E-state index contributed by atoms with van der Waals surface area (Å²) in [5.74, 6) is 1.21. The molecule has 0 saturated heterocycles. The van der Waals surface area contributed by atoms with Gasteiger partial charge in [-0.1, -0.05) is 55.4 Å². The summed E-state index contributed by atoms with van der Waals surface area (Å²) >= 11 is 1.28. The molecule has 10 heteroatoms. The van der Waals surface area contributed by atoms with Gasteiger partial charge < -0.3 is 10.1 Å². The Morgan fingerprint density at radius 1 is 1.03 bits per heavy atom. The number of unbranched alkanes of at least 4 members (excludes halogenated alkanes) is 1. The van der Waals surface area contributed by atoms with Crippen molar-refractivity contribution in [2.75, 3.05) is 6.61 Å². The van der Waals surface area contributed by atoms with Crippen molar-refractivity contribution < 1.29 is 22.7 Å². The van der Waals surface area contributed by atoms with Crippen LogP contribution in [-0.4, -0.2) is 27.3 Å². The van der Waals surface area contributed by atoms with Crippen molar-refractivity contribution in [1.82, 2.24) is 20.1 Å².